The predicted molar refractivity (Wildman–Crippen MR) is 96.2 cm³/mol. The smallest absolute Gasteiger partial charge is 0.241 e. The Morgan fingerprint density at radius 1 is 1.15 bits per heavy atom. The van der Waals surface area contributed by atoms with Gasteiger partial charge in [-0.3, -0.25) is 4.79 Å². The molecule has 2 aromatic rings. The van der Waals surface area contributed by atoms with E-state index in [0.29, 0.717) is 10.6 Å². The molecule has 1 aliphatic heterocycles. The maximum atomic E-state index is 14.2. The van der Waals surface area contributed by atoms with E-state index in [2.05, 4.69) is 0 Å². The molecule has 0 atom stereocenters. The molecule has 0 saturated carbocycles. The molecule has 5 nitrogen and oxygen atoms in total. The first-order valence-electron chi connectivity index (χ1n) is 7.58. The Morgan fingerprint density at radius 3 is 2.42 bits per heavy atom. The van der Waals surface area contributed by atoms with Crippen molar-refractivity contribution in [1.29, 1.82) is 0 Å². The van der Waals surface area contributed by atoms with Crippen LogP contribution >= 0.6 is 11.6 Å². The van der Waals surface area contributed by atoms with Gasteiger partial charge in [0.15, 0.2) is 5.60 Å². The molecule has 0 aromatic heterocycles. The molecule has 0 aliphatic carbocycles. The van der Waals surface area contributed by atoms with E-state index < -0.39 is 26.3 Å². The molecule has 0 radical (unpaired) electrons. The highest BCUT2D eigenvalue weighted by Crippen LogP contribution is 2.43. The molecule has 0 unspecified atom stereocenters. The van der Waals surface area contributed by atoms with Gasteiger partial charge in [-0.2, -0.15) is 0 Å². The van der Waals surface area contributed by atoms with Gasteiger partial charge in [-0.15, -0.1) is 0 Å². The van der Waals surface area contributed by atoms with Gasteiger partial charge in [-0.1, -0.05) is 29.8 Å². The Kier molecular flexibility index (Phi) is 4.42. The van der Waals surface area contributed by atoms with Crippen LogP contribution in [0.25, 0.3) is 11.3 Å². The van der Waals surface area contributed by atoms with E-state index in [9.17, 15) is 17.6 Å². The van der Waals surface area contributed by atoms with E-state index >= 15 is 0 Å². The zero-order valence-corrected chi connectivity index (χ0v) is 15.5. The van der Waals surface area contributed by atoms with E-state index in [4.69, 9.17) is 21.5 Å². The van der Waals surface area contributed by atoms with Crippen LogP contribution in [-0.4, -0.2) is 19.8 Å². The topological polar surface area (TPSA) is 86.5 Å². The van der Waals surface area contributed by atoms with Crippen LogP contribution in [0.2, 0.25) is 5.02 Å². The van der Waals surface area contributed by atoms with Gasteiger partial charge in [0.25, 0.3) is 0 Å². The fourth-order valence-electron chi connectivity index (χ4n) is 2.83. The van der Waals surface area contributed by atoms with Crippen LogP contribution in [0.4, 0.5) is 4.39 Å². The number of hydrogen-bond donors (Lipinski definition) is 1. The number of sulfonamides is 1. The van der Waals surface area contributed by atoms with Crippen molar-refractivity contribution < 1.29 is 22.3 Å². The third kappa shape index (κ3) is 3.13. The summed E-state index contributed by atoms with van der Waals surface area (Å²) in [5, 5.41) is 5.57. The normalized spacial score (nSPS) is 16.7. The summed E-state index contributed by atoms with van der Waals surface area (Å²) in [4.78, 5) is 12.1. The largest absolute Gasteiger partial charge is 0.478 e. The van der Waals surface area contributed by atoms with Crippen molar-refractivity contribution in [2.75, 3.05) is 0 Å². The molecule has 0 amide bonds. The van der Waals surface area contributed by atoms with Gasteiger partial charge in [0.2, 0.25) is 15.8 Å². The summed E-state index contributed by atoms with van der Waals surface area (Å²) in [5.74, 6) is -1.45. The molecule has 2 aromatic carbocycles. The summed E-state index contributed by atoms with van der Waals surface area (Å²) in [6, 6.07) is 10.1. The summed E-state index contributed by atoms with van der Waals surface area (Å²) < 4.78 is 43.8. The van der Waals surface area contributed by atoms with Crippen molar-refractivity contribution in [3.63, 3.8) is 0 Å². The Labute approximate surface area is 155 Å². The highest BCUT2D eigenvalue weighted by atomic mass is 35.5. The summed E-state index contributed by atoms with van der Waals surface area (Å²) in [7, 11) is -4.40. The number of rotatable bonds is 3. The molecule has 136 valence electrons. The third-order valence-electron chi connectivity index (χ3n) is 3.97. The van der Waals surface area contributed by atoms with Gasteiger partial charge in [-0.05, 0) is 43.7 Å². The Balaban J connectivity index is 2.38. The highest BCUT2D eigenvalue weighted by molar-refractivity contribution is 7.89. The molecule has 0 fully saturated rings. The fourth-order valence-corrected chi connectivity index (χ4v) is 3.83. The van der Waals surface area contributed by atoms with Crippen LogP contribution in [0, 0.1) is 5.82 Å². The van der Waals surface area contributed by atoms with Crippen LogP contribution < -0.4 is 5.14 Å². The number of Topliss-reactive ketones (excluding diaryl/α,β-unsaturated/α-hetero) is 1. The van der Waals surface area contributed by atoms with Crippen LogP contribution in [-0.2, 0) is 19.6 Å². The van der Waals surface area contributed by atoms with Crippen molar-refractivity contribution in [3.05, 3.63) is 64.4 Å². The highest BCUT2D eigenvalue weighted by Gasteiger charge is 2.44. The van der Waals surface area contributed by atoms with Gasteiger partial charge in [-0.25, -0.2) is 17.9 Å². The van der Waals surface area contributed by atoms with E-state index in [1.807, 2.05) is 0 Å². The molecular weight excluding hydrogens is 381 g/mol. The fraction of sp³-hybridized carbons (Fsp3) is 0.167. The van der Waals surface area contributed by atoms with E-state index in [0.717, 1.165) is 6.07 Å². The summed E-state index contributed by atoms with van der Waals surface area (Å²) >= 11 is 6.01. The molecule has 0 saturated heterocycles. The number of halogens is 2. The predicted octanol–water partition coefficient (Wildman–Crippen LogP) is 3.37. The lowest BCUT2D eigenvalue weighted by Gasteiger charge is -2.18. The Bertz CT molecular complexity index is 1060. The SMILES string of the molecule is CC1(C)OC(c2cccc(F)c2S(N)(=O)=O)=C(c2cccc(Cl)c2)C1=O. The van der Waals surface area contributed by atoms with Gasteiger partial charge in [0.05, 0.1) is 5.57 Å². The van der Waals surface area contributed by atoms with Crippen molar-refractivity contribution in [2.45, 2.75) is 24.3 Å². The lowest BCUT2D eigenvalue weighted by atomic mass is 9.92. The third-order valence-corrected chi connectivity index (χ3v) is 5.19. The number of primary sulfonamides is 1. The second kappa shape index (κ2) is 6.19. The van der Waals surface area contributed by atoms with Crippen molar-refractivity contribution in [1.82, 2.24) is 0 Å². The monoisotopic (exact) mass is 395 g/mol. The second-order valence-electron chi connectivity index (χ2n) is 6.32. The number of carbonyl (C=O) groups excluding carboxylic acids is 1. The zero-order valence-electron chi connectivity index (χ0n) is 13.9. The molecule has 0 spiro atoms. The molecule has 1 heterocycles. The summed E-state index contributed by atoms with van der Waals surface area (Å²) in [5.41, 5.74) is -0.809. The summed E-state index contributed by atoms with van der Waals surface area (Å²) in [6.45, 7) is 3.09. The van der Waals surface area contributed by atoms with Gasteiger partial charge in [0, 0.05) is 10.6 Å². The van der Waals surface area contributed by atoms with Crippen molar-refractivity contribution >= 4 is 38.7 Å². The van der Waals surface area contributed by atoms with Crippen LogP contribution in [0.5, 0.6) is 0 Å². The minimum Gasteiger partial charge on any atom is -0.478 e. The number of benzene rings is 2. The van der Waals surface area contributed by atoms with Crippen molar-refractivity contribution in [3.8, 4) is 0 Å². The second-order valence-corrected chi connectivity index (χ2v) is 8.25. The average Bonchev–Trinajstić information content (AvgIpc) is 2.76. The van der Waals surface area contributed by atoms with Gasteiger partial charge in [0.1, 0.15) is 16.5 Å². The zero-order chi connectivity index (χ0) is 19.3. The minimum atomic E-state index is -4.40. The molecule has 8 heteroatoms. The Hall–Kier alpha value is -2.22. The van der Waals surface area contributed by atoms with Crippen LogP contribution in [0.3, 0.4) is 0 Å². The summed E-state index contributed by atoms with van der Waals surface area (Å²) in [6.07, 6.45) is 0. The standard InChI is InChI=1S/C18H15ClFNO4S/c1-18(2)17(22)14(10-5-3-6-11(19)9-10)15(25-18)12-7-4-8-13(20)16(12)26(21,23)24/h3-9H,1-2H3,(H2,21,23,24). The van der Waals surface area contributed by atoms with Crippen LogP contribution in [0.15, 0.2) is 47.4 Å². The number of nitrogens with two attached hydrogens (primary N) is 1. The lowest BCUT2D eigenvalue weighted by Crippen LogP contribution is -2.29. The molecule has 2 N–H and O–H groups in total. The quantitative estimate of drug-likeness (QED) is 0.863. The van der Waals surface area contributed by atoms with Crippen LogP contribution in [0.1, 0.15) is 25.0 Å². The number of ether oxygens (including phenoxy) is 1. The maximum Gasteiger partial charge on any atom is 0.241 e. The lowest BCUT2D eigenvalue weighted by molar-refractivity contribution is -0.125. The first kappa shape index (κ1) is 18.6. The van der Waals surface area contributed by atoms with Crippen molar-refractivity contribution in [2.24, 2.45) is 5.14 Å². The van der Waals surface area contributed by atoms with Gasteiger partial charge >= 0.3 is 0 Å². The number of carbonyl (C=O) groups is 1. The first-order chi connectivity index (χ1) is 12.0. The number of ketones is 1. The van der Waals surface area contributed by atoms with E-state index in [1.165, 1.54) is 12.1 Å². The molecular formula is C18H15ClFNO4S. The maximum absolute atomic E-state index is 14.2. The molecule has 0 bridgehead atoms. The van der Waals surface area contributed by atoms with E-state index in [1.54, 1.807) is 38.1 Å². The van der Waals surface area contributed by atoms with E-state index in [-0.39, 0.29) is 22.7 Å². The molecule has 26 heavy (non-hydrogen) atoms. The first-order valence-corrected chi connectivity index (χ1v) is 9.50. The molecule has 1 aliphatic rings. The minimum absolute atomic E-state index is 0.0502. The van der Waals surface area contributed by atoms with Gasteiger partial charge < -0.3 is 4.74 Å². The Morgan fingerprint density at radius 2 is 1.81 bits per heavy atom. The molecule has 3 rings (SSSR count). The average molecular weight is 396 g/mol. The number of hydrogen-bond acceptors (Lipinski definition) is 4.